The van der Waals surface area contributed by atoms with Crippen LogP contribution in [-0.4, -0.2) is 5.78 Å². The highest BCUT2D eigenvalue weighted by molar-refractivity contribution is 5.90. The lowest BCUT2D eigenvalue weighted by molar-refractivity contribution is -0.125. The lowest BCUT2D eigenvalue weighted by atomic mass is 9.65. The van der Waals surface area contributed by atoms with Crippen molar-refractivity contribution in [3.63, 3.8) is 0 Å². The van der Waals surface area contributed by atoms with Gasteiger partial charge in [-0.2, -0.15) is 0 Å². The summed E-state index contributed by atoms with van der Waals surface area (Å²) in [6.45, 7) is 6.22. The molecule has 2 atom stereocenters. The molecule has 1 fully saturated rings. The van der Waals surface area contributed by atoms with Crippen LogP contribution in [0, 0.1) is 11.3 Å². The highest BCUT2D eigenvalue weighted by Crippen LogP contribution is 2.50. The third-order valence-corrected chi connectivity index (χ3v) is 3.67. The molecule has 0 saturated heterocycles. The van der Waals surface area contributed by atoms with Gasteiger partial charge in [0.15, 0.2) is 0 Å². The summed E-state index contributed by atoms with van der Waals surface area (Å²) in [5.41, 5.74) is 0.972. The van der Waals surface area contributed by atoms with E-state index in [0.29, 0.717) is 11.7 Å². The largest absolute Gasteiger partial charge is 0.299 e. The van der Waals surface area contributed by atoms with Crippen molar-refractivity contribution in [2.45, 2.75) is 32.6 Å². The third-order valence-electron chi connectivity index (χ3n) is 3.67. The normalized spacial score (nSPS) is 39.0. The van der Waals surface area contributed by atoms with Gasteiger partial charge in [0.25, 0.3) is 0 Å². The number of hydrogen-bond acceptors (Lipinski definition) is 1. The van der Waals surface area contributed by atoms with Crippen LogP contribution in [-0.2, 0) is 4.79 Å². The molecule has 0 aromatic rings. The Labute approximate surface area is 79.5 Å². The van der Waals surface area contributed by atoms with Gasteiger partial charge < -0.3 is 0 Å². The standard InChI is InChI=1S/C12H16O/c1-9-5-3-6-10(2)12(9)8-4-7-11(12)13/h3,6,10H,1,4-5,7-8H2,2H3/t10-,12+/m1/s1. The third kappa shape index (κ3) is 1.03. The molecular weight excluding hydrogens is 160 g/mol. The molecule has 0 aromatic carbocycles. The first-order valence-corrected chi connectivity index (χ1v) is 5.06. The van der Waals surface area contributed by atoms with Crippen molar-refractivity contribution in [3.8, 4) is 0 Å². The van der Waals surface area contributed by atoms with Gasteiger partial charge in [-0.3, -0.25) is 4.79 Å². The van der Waals surface area contributed by atoms with Gasteiger partial charge in [0, 0.05) is 6.42 Å². The van der Waals surface area contributed by atoms with E-state index in [0.717, 1.165) is 31.3 Å². The van der Waals surface area contributed by atoms with E-state index in [2.05, 4.69) is 25.7 Å². The maximum atomic E-state index is 11.9. The van der Waals surface area contributed by atoms with Gasteiger partial charge in [-0.05, 0) is 25.2 Å². The summed E-state index contributed by atoms with van der Waals surface area (Å²) in [5, 5.41) is 0. The van der Waals surface area contributed by atoms with E-state index in [9.17, 15) is 4.79 Å². The molecule has 1 saturated carbocycles. The van der Waals surface area contributed by atoms with Crippen LogP contribution in [0.4, 0.5) is 0 Å². The van der Waals surface area contributed by atoms with Crippen LogP contribution in [0.2, 0.25) is 0 Å². The van der Waals surface area contributed by atoms with E-state index in [1.165, 1.54) is 0 Å². The molecule has 70 valence electrons. The Bertz CT molecular complexity index is 287. The van der Waals surface area contributed by atoms with Crippen molar-refractivity contribution in [1.29, 1.82) is 0 Å². The monoisotopic (exact) mass is 176 g/mol. The zero-order chi connectivity index (χ0) is 9.47. The van der Waals surface area contributed by atoms with Crippen molar-refractivity contribution in [3.05, 3.63) is 24.3 Å². The number of ketones is 1. The maximum Gasteiger partial charge on any atom is 0.143 e. The summed E-state index contributed by atoms with van der Waals surface area (Å²) in [7, 11) is 0. The summed E-state index contributed by atoms with van der Waals surface area (Å²) in [5.74, 6) is 0.790. The molecule has 13 heavy (non-hydrogen) atoms. The van der Waals surface area contributed by atoms with Crippen LogP contribution in [0.25, 0.3) is 0 Å². The van der Waals surface area contributed by atoms with Gasteiger partial charge in [-0.1, -0.05) is 31.2 Å². The van der Waals surface area contributed by atoms with Gasteiger partial charge in [0.1, 0.15) is 5.78 Å². The van der Waals surface area contributed by atoms with Gasteiger partial charge in [-0.15, -0.1) is 0 Å². The van der Waals surface area contributed by atoms with Crippen LogP contribution in [0.1, 0.15) is 32.6 Å². The van der Waals surface area contributed by atoms with Crippen LogP contribution in [0.3, 0.4) is 0 Å². The minimum Gasteiger partial charge on any atom is -0.299 e. The number of Topliss-reactive ketones (excluding diaryl/α,β-unsaturated/α-hetero) is 1. The number of hydrogen-bond donors (Lipinski definition) is 0. The topological polar surface area (TPSA) is 17.1 Å². The van der Waals surface area contributed by atoms with Crippen molar-refractivity contribution >= 4 is 5.78 Å². The Balaban J connectivity index is 2.43. The van der Waals surface area contributed by atoms with Gasteiger partial charge in [0.05, 0.1) is 5.41 Å². The number of carbonyl (C=O) groups excluding carboxylic acids is 1. The Hall–Kier alpha value is -0.850. The van der Waals surface area contributed by atoms with Crippen LogP contribution < -0.4 is 0 Å². The van der Waals surface area contributed by atoms with Crippen molar-refractivity contribution in [1.82, 2.24) is 0 Å². The molecule has 0 bridgehead atoms. The Morgan fingerprint density at radius 1 is 1.62 bits per heavy atom. The molecule has 0 aromatic heterocycles. The van der Waals surface area contributed by atoms with E-state index in [4.69, 9.17) is 0 Å². The molecule has 2 aliphatic carbocycles. The molecule has 0 N–H and O–H groups in total. The minimum atomic E-state index is -0.172. The summed E-state index contributed by atoms with van der Waals surface area (Å²) >= 11 is 0. The number of allylic oxidation sites excluding steroid dienone is 3. The van der Waals surface area contributed by atoms with Gasteiger partial charge in [-0.25, -0.2) is 0 Å². The average Bonchev–Trinajstić information content (AvgIpc) is 2.45. The van der Waals surface area contributed by atoms with Crippen LogP contribution >= 0.6 is 0 Å². The highest BCUT2D eigenvalue weighted by Gasteiger charge is 2.47. The quantitative estimate of drug-likeness (QED) is 0.519. The molecule has 2 rings (SSSR count). The van der Waals surface area contributed by atoms with Gasteiger partial charge >= 0.3 is 0 Å². The summed E-state index contributed by atoms with van der Waals surface area (Å²) < 4.78 is 0. The predicted molar refractivity (Wildman–Crippen MR) is 53.4 cm³/mol. The molecule has 0 amide bonds. The van der Waals surface area contributed by atoms with E-state index < -0.39 is 0 Å². The molecule has 1 nitrogen and oxygen atoms in total. The van der Waals surface area contributed by atoms with Crippen LogP contribution in [0.15, 0.2) is 24.3 Å². The maximum absolute atomic E-state index is 11.9. The second kappa shape index (κ2) is 2.83. The Kier molecular flexibility index (Phi) is 1.90. The minimum absolute atomic E-state index is 0.172. The smallest absolute Gasteiger partial charge is 0.143 e. The first-order valence-electron chi connectivity index (χ1n) is 5.06. The molecule has 1 spiro atoms. The SMILES string of the molecule is C=C1CC=C[C@@H](C)[C@]12CCCC2=O. The van der Waals surface area contributed by atoms with Crippen molar-refractivity contribution in [2.75, 3.05) is 0 Å². The van der Waals surface area contributed by atoms with E-state index in [1.807, 2.05) is 0 Å². The number of carbonyl (C=O) groups is 1. The number of rotatable bonds is 0. The van der Waals surface area contributed by atoms with Crippen molar-refractivity contribution in [2.24, 2.45) is 11.3 Å². The highest BCUT2D eigenvalue weighted by atomic mass is 16.1. The van der Waals surface area contributed by atoms with E-state index in [1.54, 1.807) is 0 Å². The van der Waals surface area contributed by atoms with E-state index >= 15 is 0 Å². The summed E-state index contributed by atoms with van der Waals surface area (Å²) in [6, 6.07) is 0. The first kappa shape index (κ1) is 8.74. The molecule has 2 aliphatic rings. The molecule has 0 heterocycles. The Morgan fingerprint density at radius 3 is 2.92 bits per heavy atom. The second-order valence-electron chi connectivity index (χ2n) is 4.27. The second-order valence-corrected chi connectivity index (χ2v) is 4.27. The molecule has 0 unspecified atom stereocenters. The fraction of sp³-hybridized carbons (Fsp3) is 0.583. The van der Waals surface area contributed by atoms with Gasteiger partial charge in [0.2, 0.25) is 0 Å². The van der Waals surface area contributed by atoms with Crippen molar-refractivity contribution < 1.29 is 4.79 Å². The fourth-order valence-electron chi connectivity index (χ4n) is 2.83. The fourth-order valence-corrected chi connectivity index (χ4v) is 2.83. The predicted octanol–water partition coefficient (Wildman–Crippen LogP) is 2.88. The average molecular weight is 176 g/mol. The zero-order valence-electron chi connectivity index (χ0n) is 8.18. The molecule has 1 heteroatoms. The van der Waals surface area contributed by atoms with E-state index in [-0.39, 0.29) is 5.41 Å². The lowest BCUT2D eigenvalue weighted by Gasteiger charge is -2.37. The Morgan fingerprint density at radius 2 is 2.38 bits per heavy atom. The summed E-state index contributed by atoms with van der Waals surface area (Å²) in [6.07, 6.45) is 8.06. The molecule has 0 aliphatic heterocycles. The lowest BCUT2D eigenvalue weighted by Crippen LogP contribution is -2.35. The zero-order valence-corrected chi connectivity index (χ0v) is 8.18. The molecule has 0 radical (unpaired) electrons. The summed E-state index contributed by atoms with van der Waals surface area (Å²) in [4.78, 5) is 11.9. The van der Waals surface area contributed by atoms with Crippen LogP contribution in [0.5, 0.6) is 0 Å². The molecular formula is C12H16O. The first-order chi connectivity index (χ1) is 6.18.